The van der Waals surface area contributed by atoms with Crippen LogP contribution in [0.15, 0.2) is 47.4 Å². The molecule has 0 saturated carbocycles. The van der Waals surface area contributed by atoms with Gasteiger partial charge in [-0.05, 0) is 37.1 Å². The average molecular weight is 274 g/mol. The zero-order valence-electron chi connectivity index (χ0n) is 11.8. The molecule has 2 rings (SSSR count). The highest BCUT2D eigenvalue weighted by Crippen LogP contribution is 2.22. The molecule has 0 amide bonds. The third kappa shape index (κ3) is 3.26. The molecule has 0 aliphatic heterocycles. The third-order valence-corrected chi connectivity index (χ3v) is 3.35. The first-order chi connectivity index (χ1) is 9.63. The van der Waals surface area contributed by atoms with Gasteiger partial charge in [0.1, 0.15) is 5.82 Å². The lowest BCUT2D eigenvalue weighted by molar-refractivity contribution is 0.625. The minimum absolute atomic E-state index is 0.00659. The number of halogens is 1. The summed E-state index contributed by atoms with van der Waals surface area (Å²) in [4.78, 5) is 11.6. The van der Waals surface area contributed by atoms with Crippen LogP contribution in [0.4, 0.5) is 10.1 Å². The van der Waals surface area contributed by atoms with Crippen molar-refractivity contribution in [3.05, 3.63) is 64.3 Å². The van der Waals surface area contributed by atoms with E-state index in [0.29, 0.717) is 6.54 Å². The Morgan fingerprint density at radius 1 is 1.15 bits per heavy atom. The molecule has 0 saturated heterocycles. The predicted molar refractivity (Wildman–Crippen MR) is 79.4 cm³/mol. The van der Waals surface area contributed by atoms with Crippen molar-refractivity contribution in [2.24, 2.45) is 0 Å². The molecule has 1 aromatic heterocycles. The largest absolute Gasteiger partial charge is 0.377 e. The maximum Gasteiger partial charge on any atom is 0.250 e. The van der Waals surface area contributed by atoms with Crippen molar-refractivity contribution in [1.29, 1.82) is 0 Å². The molecule has 0 bridgehead atoms. The average Bonchev–Trinajstić information content (AvgIpc) is 2.47. The Balaban J connectivity index is 2.22. The number of hydrogen-bond donors (Lipinski definition) is 1. The first-order valence-electron chi connectivity index (χ1n) is 6.86. The first-order valence-corrected chi connectivity index (χ1v) is 6.86. The standard InChI is InChI=1S/C16H19FN2O/c1-3-15(12-5-7-13(17)8-6-12)18-14-9-10-16(20)19(4-2)11-14/h5-11,15,18H,3-4H2,1-2H3. The number of pyridine rings is 1. The fourth-order valence-electron chi connectivity index (χ4n) is 2.18. The number of anilines is 1. The molecule has 1 aromatic carbocycles. The quantitative estimate of drug-likeness (QED) is 0.904. The van der Waals surface area contributed by atoms with E-state index in [1.54, 1.807) is 28.8 Å². The van der Waals surface area contributed by atoms with E-state index in [1.807, 2.05) is 13.1 Å². The Kier molecular flexibility index (Phi) is 4.56. The van der Waals surface area contributed by atoms with Crippen LogP contribution in [0, 0.1) is 5.82 Å². The third-order valence-electron chi connectivity index (χ3n) is 3.35. The van der Waals surface area contributed by atoms with Crippen molar-refractivity contribution in [3.63, 3.8) is 0 Å². The summed E-state index contributed by atoms with van der Waals surface area (Å²) < 4.78 is 14.6. The molecule has 20 heavy (non-hydrogen) atoms. The molecule has 2 aromatic rings. The van der Waals surface area contributed by atoms with Crippen LogP contribution in [-0.4, -0.2) is 4.57 Å². The SMILES string of the molecule is CCC(Nc1ccc(=O)n(CC)c1)c1ccc(F)cc1. The summed E-state index contributed by atoms with van der Waals surface area (Å²) in [5.74, 6) is -0.233. The van der Waals surface area contributed by atoms with Crippen LogP contribution in [0.3, 0.4) is 0 Å². The summed E-state index contributed by atoms with van der Waals surface area (Å²) in [7, 11) is 0. The van der Waals surface area contributed by atoms with Crippen molar-refractivity contribution in [2.75, 3.05) is 5.32 Å². The van der Waals surface area contributed by atoms with Crippen molar-refractivity contribution in [1.82, 2.24) is 4.57 Å². The fourth-order valence-corrected chi connectivity index (χ4v) is 2.18. The van der Waals surface area contributed by atoms with E-state index in [2.05, 4.69) is 12.2 Å². The van der Waals surface area contributed by atoms with Gasteiger partial charge in [0.05, 0.1) is 11.7 Å². The molecule has 0 spiro atoms. The zero-order chi connectivity index (χ0) is 14.5. The van der Waals surface area contributed by atoms with E-state index in [0.717, 1.165) is 17.7 Å². The molecule has 106 valence electrons. The summed E-state index contributed by atoms with van der Waals surface area (Å²) in [6.07, 6.45) is 2.69. The van der Waals surface area contributed by atoms with Crippen LogP contribution in [0.5, 0.6) is 0 Å². The van der Waals surface area contributed by atoms with Gasteiger partial charge >= 0.3 is 0 Å². The number of nitrogens with one attached hydrogen (secondary N) is 1. The monoisotopic (exact) mass is 274 g/mol. The van der Waals surface area contributed by atoms with Gasteiger partial charge in [0.2, 0.25) is 0 Å². The van der Waals surface area contributed by atoms with Crippen LogP contribution in [0.1, 0.15) is 31.9 Å². The molecule has 1 atom stereocenters. The van der Waals surface area contributed by atoms with Gasteiger partial charge in [-0.3, -0.25) is 4.79 Å². The molecule has 0 fully saturated rings. The highest BCUT2D eigenvalue weighted by atomic mass is 19.1. The van der Waals surface area contributed by atoms with Crippen molar-refractivity contribution in [3.8, 4) is 0 Å². The summed E-state index contributed by atoms with van der Waals surface area (Å²) >= 11 is 0. The summed E-state index contributed by atoms with van der Waals surface area (Å²) in [6.45, 7) is 4.64. The molecular weight excluding hydrogens is 255 g/mol. The highest BCUT2D eigenvalue weighted by molar-refractivity contribution is 5.43. The molecule has 0 aliphatic carbocycles. The highest BCUT2D eigenvalue weighted by Gasteiger charge is 2.09. The smallest absolute Gasteiger partial charge is 0.250 e. The lowest BCUT2D eigenvalue weighted by Gasteiger charge is -2.19. The number of hydrogen-bond acceptors (Lipinski definition) is 2. The molecule has 1 unspecified atom stereocenters. The molecule has 3 nitrogen and oxygen atoms in total. The maximum absolute atomic E-state index is 13.0. The van der Waals surface area contributed by atoms with Crippen LogP contribution in [0.2, 0.25) is 0 Å². The molecular formula is C16H19FN2O. The van der Waals surface area contributed by atoms with Crippen LogP contribution in [-0.2, 0) is 6.54 Å². The normalized spacial score (nSPS) is 12.2. The van der Waals surface area contributed by atoms with Gasteiger partial charge in [-0.1, -0.05) is 19.1 Å². The molecule has 1 N–H and O–H groups in total. The topological polar surface area (TPSA) is 34.0 Å². The molecule has 0 radical (unpaired) electrons. The minimum Gasteiger partial charge on any atom is -0.377 e. The maximum atomic E-state index is 13.0. The molecule has 4 heteroatoms. The Morgan fingerprint density at radius 3 is 2.45 bits per heavy atom. The number of nitrogens with zero attached hydrogens (tertiary/aromatic N) is 1. The van der Waals surface area contributed by atoms with Crippen molar-refractivity contribution in [2.45, 2.75) is 32.9 Å². The van der Waals surface area contributed by atoms with Crippen LogP contribution in [0.25, 0.3) is 0 Å². The zero-order valence-corrected chi connectivity index (χ0v) is 11.8. The van der Waals surface area contributed by atoms with E-state index in [1.165, 1.54) is 12.1 Å². The summed E-state index contributed by atoms with van der Waals surface area (Å²) in [6, 6.07) is 9.93. The Morgan fingerprint density at radius 2 is 1.85 bits per heavy atom. The van der Waals surface area contributed by atoms with E-state index in [-0.39, 0.29) is 17.4 Å². The number of aryl methyl sites for hydroxylation is 1. The van der Waals surface area contributed by atoms with Gasteiger partial charge in [-0.15, -0.1) is 0 Å². The van der Waals surface area contributed by atoms with Gasteiger partial charge in [0, 0.05) is 18.8 Å². The summed E-state index contributed by atoms with van der Waals surface area (Å²) in [5.41, 5.74) is 1.92. The lowest BCUT2D eigenvalue weighted by Crippen LogP contribution is -2.19. The Bertz CT molecular complexity index is 619. The van der Waals surface area contributed by atoms with Gasteiger partial charge in [0.15, 0.2) is 0 Å². The van der Waals surface area contributed by atoms with Crippen LogP contribution < -0.4 is 10.9 Å². The van der Waals surface area contributed by atoms with Gasteiger partial charge in [-0.2, -0.15) is 0 Å². The van der Waals surface area contributed by atoms with E-state index >= 15 is 0 Å². The molecule has 0 aliphatic rings. The van der Waals surface area contributed by atoms with E-state index < -0.39 is 0 Å². The fraction of sp³-hybridized carbons (Fsp3) is 0.312. The number of aromatic nitrogens is 1. The second kappa shape index (κ2) is 6.37. The van der Waals surface area contributed by atoms with Gasteiger partial charge in [0.25, 0.3) is 5.56 Å². The molecule has 1 heterocycles. The van der Waals surface area contributed by atoms with E-state index in [4.69, 9.17) is 0 Å². The van der Waals surface area contributed by atoms with Crippen LogP contribution >= 0.6 is 0 Å². The predicted octanol–water partition coefficient (Wildman–Crippen LogP) is 3.57. The Hall–Kier alpha value is -2.10. The van der Waals surface area contributed by atoms with E-state index in [9.17, 15) is 9.18 Å². The lowest BCUT2D eigenvalue weighted by atomic mass is 10.0. The second-order valence-corrected chi connectivity index (χ2v) is 4.70. The van der Waals surface area contributed by atoms with Crippen molar-refractivity contribution >= 4 is 5.69 Å². The minimum atomic E-state index is -0.233. The van der Waals surface area contributed by atoms with Gasteiger partial charge in [-0.25, -0.2) is 4.39 Å². The first kappa shape index (κ1) is 14.3. The Labute approximate surface area is 118 Å². The second-order valence-electron chi connectivity index (χ2n) is 4.70. The number of rotatable bonds is 5. The van der Waals surface area contributed by atoms with Crippen molar-refractivity contribution < 1.29 is 4.39 Å². The number of benzene rings is 1. The van der Waals surface area contributed by atoms with Gasteiger partial charge < -0.3 is 9.88 Å². The summed E-state index contributed by atoms with van der Waals surface area (Å²) in [5, 5.41) is 3.38.